The van der Waals surface area contributed by atoms with Gasteiger partial charge in [-0.1, -0.05) is 120 Å². The molecule has 5 aromatic carbocycles. The Morgan fingerprint density at radius 3 is 2.13 bits per heavy atom. The lowest BCUT2D eigenvalue weighted by Gasteiger charge is -2.25. The van der Waals surface area contributed by atoms with E-state index in [1.165, 1.54) is 16.9 Å². The highest BCUT2D eigenvalue weighted by atomic mass is 32.1. The highest BCUT2D eigenvalue weighted by molar-refractivity contribution is 7.07. The number of benzene rings is 5. The number of para-hydroxylation sites is 1. The van der Waals surface area contributed by atoms with Crippen LogP contribution in [0.5, 0.6) is 5.75 Å². The van der Waals surface area contributed by atoms with Crippen molar-refractivity contribution in [2.75, 3.05) is 12.4 Å². The number of ether oxygens (including phenoxy) is 1. The Labute approximate surface area is 311 Å². The molecule has 0 saturated heterocycles. The molecule has 1 N–H and O–H groups in total. The summed E-state index contributed by atoms with van der Waals surface area (Å²) in [5.41, 5.74) is 9.18. The standard InChI is InChI=1S/C45H36N4O3S/c1-29-22-24-36(25-23-29)48-38(31-14-7-4-8-15-31)27-34(41(48)32-16-9-5-10-17-32)28-39-44(51)49-42(33-18-13-21-37(26-33)52-3)40(30(2)46-45(49)53-39)43(50)47-35-19-11-6-12-20-35/h4-28,42H,1-3H3,(H,47,50)/b39-28-/t42-/m0/s1. The molecule has 7 nitrogen and oxygen atoms in total. The predicted octanol–water partition coefficient (Wildman–Crippen LogP) is 8.32. The monoisotopic (exact) mass is 712 g/mol. The van der Waals surface area contributed by atoms with E-state index in [0.29, 0.717) is 32.0 Å². The number of carbonyl (C=O) groups is 1. The maximum atomic E-state index is 14.8. The van der Waals surface area contributed by atoms with Crippen LogP contribution in [-0.4, -0.2) is 22.2 Å². The van der Waals surface area contributed by atoms with Crippen molar-refractivity contribution in [3.63, 3.8) is 0 Å². The van der Waals surface area contributed by atoms with Crippen LogP contribution in [-0.2, 0) is 4.79 Å². The van der Waals surface area contributed by atoms with Crippen LogP contribution in [0.15, 0.2) is 167 Å². The molecule has 0 bridgehead atoms. The number of aromatic nitrogens is 2. The number of hydrogen-bond acceptors (Lipinski definition) is 5. The molecule has 0 fully saturated rings. The molecule has 3 heterocycles. The summed E-state index contributed by atoms with van der Waals surface area (Å²) in [6, 6.07) is 47.2. The first-order valence-electron chi connectivity index (χ1n) is 17.4. The molecule has 0 aliphatic carbocycles. The summed E-state index contributed by atoms with van der Waals surface area (Å²) >= 11 is 1.32. The molecule has 2 aromatic heterocycles. The maximum absolute atomic E-state index is 14.8. The fraction of sp³-hybridized carbons (Fsp3) is 0.0889. The third-order valence-electron chi connectivity index (χ3n) is 9.43. The summed E-state index contributed by atoms with van der Waals surface area (Å²) in [7, 11) is 1.60. The second kappa shape index (κ2) is 14.3. The second-order valence-corrected chi connectivity index (χ2v) is 13.9. The Kier molecular flexibility index (Phi) is 9.04. The summed E-state index contributed by atoms with van der Waals surface area (Å²) < 4.78 is 10.0. The van der Waals surface area contributed by atoms with E-state index in [0.717, 1.165) is 39.3 Å². The van der Waals surface area contributed by atoms with Gasteiger partial charge in [-0.05, 0) is 79.1 Å². The number of amides is 1. The quantitative estimate of drug-likeness (QED) is 0.172. The first-order chi connectivity index (χ1) is 25.9. The largest absolute Gasteiger partial charge is 0.497 e. The minimum atomic E-state index is -0.738. The van der Waals surface area contributed by atoms with Crippen LogP contribution in [0.25, 0.3) is 34.3 Å². The number of nitrogens with one attached hydrogen (secondary N) is 1. The number of rotatable bonds is 8. The van der Waals surface area contributed by atoms with Gasteiger partial charge in [-0.25, -0.2) is 4.99 Å². The van der Waals surface area contributed by atoms with Crippen molar-refractivity contribution in [1.82, 2.24) is 9.13 Å². The van der Waals surface area contributed by atoms with Gasteiger partial charge >= 0.3 is 0 Å². The molecule has 1 aliphatic heterocycles. The molecular formula is C45H36N4O3S. The van der Waals surface area contributed by atoms with E-state index in [9.17, 15) is 9.59 Å². The average molecular weight is 713 g/mol. The van der Waals surface area contributed by atoms with Crippen LogP contribution >= 0.6 is 11.3 Å². The van der Waals surface area contributed by atoms with Crippen LogP contribution in [0.2, 0.25) is 0 Å². The molecule has 53 heavy (non-hydrogen) atoms. The van der Waals surface area contributed by atoms with E-state index in [1.54, 1.807) is 11.7 Å². The number of aryl methyl sites for hydroxylation is 1. The number of nitrogens with zero attached hydrogens (tertiary/aromatic N) is 3. The van der Waals surface area contributed by atoms with Crippen molar-refractivity contribution in [3.8, 4) is 34.0 Å². The van der Waals surface area contributed by atoms with Gasteiger partial charge in [-0.2, -0.15) is 0 Å². The normalized spacial score (nSPS) is 14.1. The zero-order valence-corrected chi connectivity index (χ0v) is 30.3. The smallest absolute Gasteiger partial charge is 0.271 e. The number of carbonyl (C=O) groups excluding carboxylic acids is 1. The third kappa shape index (κ3) is 6.45. The van der Waals surface area contributed by atoms with Crippen LogP contribution < -0.4 is 24.9 Å². The van der Waals surface area contributed by atoms with Crippen LogP contribution in [0.4, 0.5) is 5.69 Å². The fourth-order valence-corrected chi connectivity index (χ4v) is 7.95. The van der Waals surface area contributed by atoms with Crippen LogP contribution in [0, 0.1) is 6.92 Å². The summed E-state index contributed by atoms with van der Waals surface area (Å²) in [6.07, 6.45) is 1.97. The van der Waals surface area contributed by atoms with Gasteiger partial charge in [0.2, 0.25) is 0 Å². The molecule has 0 spiro atoms. The van der Waals surface area contributed by atoms with Gasteiger partial charge in [-0.3, -0.25) is 14.2 Å². The van der Waals surface area contributed by atoms with E-state index in [-0.39, 0.29) is 11.5 Å². The second-order valence-electron chi connectivity index (χ2n) is 12.9. The molecule has 1 aliphatic rings. The van der Waals surface area contributed by atoms with E-state index in [2.05, 4.69) is 71.4 Å². The number of methoxy groups -OCH3 is 1. The Morgan fingerprint density at radius 1 is 0.792 bits per heavy atom. The van der Waals surface area contributed by atoms with Crippen molar-refractivity contribution in [3.05, 3.63) is 193 Å². The molecule has 260 valence electrons. The van der Waals surface area contributed by atoms with Gasteiger partial charge in [0.05, 0.1) is 40.3 Å². The van der Waals surface area contributed by atoms with E-state index in [4.69, 9.17) is 9.73 Å². The lowest BCUT2D eigenvalue weighted by molar-refractivity contribution is -0.113. The Bertz CT molecular complexity index is 2670. The van der Waals surface area contributed by atoms with Crippen molar-refractivity contribution >= 4 is 29.0 Å². The lowest BCUT2D eigenvalue weighted by atomic mass is 9.95. The predicted molar refractivity (Wildman–Crippen MR) is 213 cm³/mol. The zero-order chi connectivity index (χ0) is 36.5. The number of fused-ring (bicyclic) bond motifs is 1. The summed E-state index contributed by atoms with van der Waals surface area (Å²) in [4.78, 5) is 34.3. The maximum Gasteiger partial charge on any atom is 0.271 e. The molecule has 8 rings (SSSR count). The minimum Gasteiger partial charge on any atom is -0.497 e. The summed E-state index contributed by atoms with van der Waals surface area (Å²) in [6.45, 7) is 3.91. The van der Waals surface area contributed by atoms with Gasteiger partial charge in [0.25, 0.3) is 11.5 Å². The highest BCUT2D eigenvalue weighted by Crippen LogP contribution is 2.37. The van der Waals surface area contributed by atoms with E-state index in [1.807, 2.05) is 104 Å². The van der Waals surface area contributed by atoms with Gasteiger partial charge in [-0.15, -0.1) is 0 Å². The Hall–Kier alpha value is -6.51. The van der Waals surface area contributed by atoms with E-state index < -0.39 is 6.04 Å². The van der Waals surface area contributed by atoms with Crippen molar-refractivity contribution in [1.29, 1.82) is 0 Å². The molecule has 0 unspecified atom stereocenters. The van der Waals surface area contributed by atoms with Crippen molar-refractivity contribution < 1.29 is 9.53 Å². The zero-order valence-electron chi connectivity index (χ0n) is 29.5. The summed E-state index contributed by atoms with van der Waals surface area (Å²) in [5.74, 6) is 0.300. The Morgan fingerprint density at radius 2 is 1.45 bits per heavy atom. The van der Waals surface area contributed by atoms with Gasteiger partial charge in [0.15, 0.2) is 4.80 Å². The van der Waals surface area contributed by atoms with E-state index >= 15 is 0 Å². The molecule has 0 saturated carbocycles. The van der Waals surface area contributed by atoms with Gasteiger partial charge in [0.1, 0.15) is 5.75 Å². The molecule has 1 atom stereocenters. The lowest BCUT2D eigenvalue weighted by Crippen LogP contribution is -2.40. The SMILES string of the molecule is COc1cccc([C@H]2C(C(=O)Nc3ccccc3)=C(C)N=c3s/c(=C\c4cc(-c5ccccc5)n(-c5ccc(C)cc5)c4-c4ccccc4)c(=O)n32)c1. The van der Waals surface area contributed by atoms with Crippen molar-refractivity contribution in [2.45, 2.75) is 19.9 Å². The molecule has 7 aromatic rings. The molecular weight excluding hydrogens is 677 g/mol. The Balaban J connectivity index is 1.36. The topological polar surface area (TPSA) is 77.6 Å². The van der Waals surface area contributed by atoms with Crippen LogP contribution in [0.1, 0.15) is 29.7 Å². The molecule has 1 amide bonds. The average Bonchev–Trinajstić information content (AvgIpc) is 3.72. The van der Waals surface area contributed by atoms with Gasteiger partial charge < -0.3 is 14.6 Å². The first kappa shape index (κ1) is 33.6. The van der Waals surface area contributed by atoms with Crippen LogP contribution in [0.3, 0.4) is 0 Å². The number of anilines is 1. The third-order valence-corrected chi connectivity index (χ3v) is 10.4. The first-order valence-corrected chi connectivity index (χ1v) is 18.2. The molecule has 0 radical (unpaired) electrons. The number of allylic oxidation sites excluding steroid dienone is 1. The number of hydrogen-bond donors (Lipinski definition) is 1. The molecule has 8 heteroatoms. The minimum absolute atomic E-state index is 0.234. The fourth-order valence-electron chi connectivity index (χ4n) is 6.91. The van der Waals surface area contributed by atoms with Crippen molar-refractivity contribution in [2.24, 2.45) is 4.99 Å². The van der Waals surface area contributed by atoms with Gasteiger partial charge in [0, 0.05) is 16.9 Å². The highest BCUT2D eigenvalue weighted by Gasteiger charge is 2.33. The number of thiazole rings is 1. The summed E-state index contributed by atoms with van der Waals surface area (Å²) in [5, 5.41) is 3.03.